The summed E-state index contributed by atoms with van der Waals surface area (Å²) in [5, 5.41) is 8.91. The molecule has 3 fully saturated rings. The van der Waals surface area contributed by atoms with Crippen LogP contribution in [0.1, 0.15) is 32.1 Å². The van der Waals surface area contributed by atoms with Crippen LogP contribution in [0.4, 0.5) is 11.6 Å². The van der Waals surface area contributed by atoms with Gasteiger partial charge in [0.25, 0.3) is 0 Å². The van der Waals surface area contributed by atoms with E-state index >= 15 is 0 Å². The topological polar surface area (TPSA) is 61.8 Å². The van der Waals surface area contributed by atoms with Crippen molar-refractivity contribution in [2.75, 3.05) is 62.3 Å². The van der Waals surface area contributed by atoms with E-state index in [2.05, 4.69) is 32.1 Å². The molecule has 0 bridgehead atoms. The molecular weight excluding hydrogens is 330 g/mol. The van der Waals surface area contributed by atoms with Crippen molar-refractivity contribution in [1.82, 2.24) is 15.1 Å². The van der Waals surface area contributed by atoms with E-state index in [1.807, 2.05) is 4.90 Å². The summed E-state index contributed by atoms with van der Waals surface area (Å²) in [4.78, 5) is 19.2. The maximum atomic E-state index is 12.6. The van der Waals surface area contributed by atoms with Crippen molar-refractivity contribution in [3.63, 3.8) is 0 Å². The highest BCUT2D eigenvalue weighted by Gasteiger charge is 2.30. The van der Waals surface area contributed by atoms with E-state index in [1.165, 1.54) is 19.3 Å². The standard InChI is InChI=1S/C19H29N5O2/c25-19(24-12-14-26-15-13-24)16-6-10-23(11-7-16)18-5-4-17(20-21-18)22-8-2-1-3-9-22/h4-5,16H,1-3,6-15H2. The number of carbonyl (C=O) groups excluding carboxylic acids is 1. The van der Waals surface area contributed by atoms with Gasteiger partial charge >= 0.3 is 0 Å². The molecule has 1 aromatic rings. The van der Waals surface area contributed by atoms with Crippen LogP contribution in [0.3, 0.4) is 0 Å². The van der Waals surface area contributed by atoms with Gasteiger partial charge in [-0.1, -0.05) is 0 Å². The maximum Gasteiger partial charge on any atom is 0.225 e. The fraction of sp³-hybridized carbons (Fsp3) is 0.737. The van der Waals surface area contributed by atoms with Gasteiger partial charge in [0, 0.05) is 45.2 Å². The zero-order valence-electron chi connectivity index (χ0n) is 15.5. The van der Waals surface area contributed by atoms with E-state index in [1.54, 1.807) is 0 Å². The largest absolute Gasteiger partial charge is 0.378 e. The van der Waals surface area contributed by atoms with E-state index in [0.29, 0.717) is 19.1 Å². The van der Waals surface area contributed by atoms with Crippen LogP contribution in [0.5, 0.6) is 0 Å². The second-order valence-corrected chi connectivity index (χ2v) is 7.50. The van der Waals surface area contributed by atoms with E-state index in [-0.39, 0.29) is 5.92 Å². The van der Waals surface area contributed by atoms with Crippen molar-refractivity contribution in [2.45, 2.75) is 32.1 Å². The number of anilines is 2. The van der Waals surface area contributed by atoms with Gasteiger partial charge in [-0.05, 0) is 44.2 Å². The van der Waals surface area contributed by atoms with Crippen LogP contribution < -0.4 is 9.80 Å². The molecular formula is C19H29N5O2. The molecule has 0 N–H and O–H groups in total. The van der Waals surface area contributed by atoms with Crippen molar-refractivity contribution in [2.24, 2.45) is 5.92 Å². The van der Waals surface area contributed by atoms with Gasteiger partial charge in [-0.3, -0.25) is 4.79 Å². The highest BCUT2D eigenvalue weighted by atomic mass is 16.5. The highest BCUT2D eigenvalue weighted by Crippen LogP contribution is 2.25. The van der Waals surface area contributed by atoms with Gasteiger partial charge in [-0.15, -0.1) is 10.2 Å². The van der Waals surface area contributed by atoms with Gasteiger partial charge < -0.3 is 19.4 Å². The molecule has 7 nitrogen and oxygen atoms in total. The second kappa shape index (κ2) is 8.20. The first-order chi connectivity index (χ1) is 12.8. The molecule has 0 aromatic carbocycles. The molecule has 1 aromatic heterocycles. The summed E-state index contributed by atoms with van der Waals surface area (Å²) in [5.41, 5.74) is 0. The molecule has 0 atom stereocenters. The van der Waals surface area contributed by atoms with Crippen LogP contribution in [0, 0.1) is 5.92 Å². The van der Waals surface area contributed by atoms with Crippen molar-refractivity contribution in [1.29, 1.82) is 0 Å². The van der Waals surface area contributed by atoms with Gasteiger partial charge in [-0.2, -0.15) is 0 Å². The molecule has 3 aliphatic rings. The number of hydrogen-bond acceptors (Lipinski definition) is 6. The van der Waals surface area contributed by atoms with Crippen LogP contribution in [0.25, 0.3) is 0 Å². The molecule has 3 saturated heterocycles. The quantitative estimate of drug-likeness (QED) is 0.816. The van der Waals surface area contributed by atoms with Crippen LogP contribution in [-0.4, -0.2) is 73.5 Å². The molecule has 4 rings (SSSR count). The maximum absolute atomic E-state index is 12.6. The number of piperidine rings is 2. The normalized spacial score (nSPS) is 22.5. The first kappa shape index (κ1) is 17.5. The minimum atomic E-state index is 0.143. The zero-order chi connectivity index (χ0) is 17.8. The number of nitrogens with zero attached hydrogens (tertiary/aromatic N) is 5. The number of amides is 1. The molecule has 0 aliphatic carbocycles. The molecule has 4 heterocycles. The molecule has 0 unspecified atom stereocenters. The molecule has 1 amide bonds. The van der Waals surface area contributed by atoms with Crippen molar-refractivity contribution in [3.05, 3.63) is 12.1 Å². The third-order valence-corrected chi connectivity index (χ3v) is 5.81. The lowest BCUT2D eigenvalue weighted by Crippen LogP contribution is -2.47. The third kappa shape index (κ3) is 3.92. The van der Waals surface area contributed by atoms with Crippen LogP contribution in [0.15, 0.2) is 12.1 Å². The molecule has 7 heteroatoms. The van der Waals surface area contributed by atoms with E-state index in [0.717, 1.165) is 63.7 Å². The Morgan fingerprint density at radius 2 is 1.42 bits per heavy atom. The summed E-state index contributed by atoms with van der Waals surface area (Å²) in [6.07, 6.45) is 5.60. The molecule has 0 saturated carbocycles. The first-order valence-electron chi connectivity index (χ1n) is 10.0. The minimum Gasteiger partial charge on any atom is -0.378 e. The van der Waals surface area contributed by atoms with Gasteiger partial charge in [0.1, 0.15) is 0 Å². The summed E-state index contributed by atoms with van der Waals surface area (Å²) < 4.78 is 5.34. The minimum absolute atomic E-state index is 0.143. The Bertz CT molecular complexity index is 588. The average Bonchev–Trinajstić information content (AvgIpc) is 2.75. The Morgan fingerprint density at radius 3 is 2.00 bits per heavy atom. The lowest BCUT2D eigenvalue weighted by atomic mass is 9.95. The summed E-state index contributed by atoms with van der Waals surface area (Å²) in [5.74, 6) is 2.37. The van der Waals surface area contributed by atoms with E-state index < -0.39 is 0 Å². The predicted molar refractivity (Wildman–Crippen MR) is 100 cm³/mol. The second-order valence-electron chi connectivity index (χ2n) is 7.50. The Morgan fingerprint density at radius 1 is 0.846 bits per heavy atom. The van der Waals surface area contributed by atoms with Gasteiger partial charge in [0.05, 0.1) is 13.2 Å². The number of morpholine rings is 1. The Kier molecular flexibility index (Phi) is 5.53. The number of carbonyl (C=O) groups is 1. The van der Waals surface area contributed by atoms with Crippen molar-refractivity contribution < 1.29 is 9.53 Å². The lowest BCUT2D eigenvalue weighted by molar-refractivity contribution is -0.140. The number of hydrogen-bond donors (Lipinski definition) is 0. The lowest BCUT2D eigenvalue weighted by Gasteiger charge is -2.36. The molecule has 0 radical (unpaired) electrons. The van der Waals surface area contributed by atoms with Gasteiger partial charge in [0.2, 0.25) is 5.91 Å². The van der Waals surface area contributed by atoms with Gasteiger partial charge in [-0.25, -0.2) is 0 Å². The van der Waals surface area contributed by atoms with E-state index in [4.69, 9.17) is 4.74 Å². The van der Waals surface area contributed by atoms with Crippen LogP contribution >= 0.6 is 0 Å². The fourth-order valence-electron chi connectivity index (χ4n) is 4.18. The number of aromatic nitrogens is 2. The molecule has 26 heavy (non-hydrogen) atoms. The zero-order valence-corrected chi connectivity index (χ0v) is 15.5. The molecule has 3 aliphatic heterocycles. The first-order valence-corrected chi connectivity index (χ1v) is 10.0. The Balaban J connectivity index is 1.30. The number of rotatable bonds is 3. The molecule has 0 spiro atoms. The Hall–Kier alpha value is -1.89. The summed E-state index contributed by atoms with van der Waals surface area (Å²) in [7, 11) is 0. The van der Waals surface area contributed by atoms with Gasteiger partial charge in [0.15, 0.2) is 11.6 Å². The molecule has 142 valence electrons. The Labute approximate surface area is 155 Å². The fourth-order valence-corrected chi connectivity index (χ4v) is 4.18. The summed E-state index contributed by atoms with van der Waals surface area (Å²) >= 11 is 0. The highest BCUT2D eigenvalue weighted by molar-refractivity contribution is 5.79. The summed E-state index contributed by atoms with van der Waals surface area (Å²) in [6.45, 7) is 6.74. The van der Waals surface area contributed by atoms with Crippen LogP contribution in [0.2, 0.25) is 0 Å². The van der Waals surface area contributed by atoms with Crippen molar-refractivity contribution in [3.8, 4) is 0 Å². The van der Waals surface area contributed by atoms with Crippen molar-refractivity contribution >= 4 is 17.5 Å². The SMILES string of the molecule is O=C(C1CCN(c2ccc(N3CCCCC3)nn2)CC1)N1CCOCC1. The van der Waals surface area contributed by atoms with E-state index in [9.17, 15) is 4.79 Å². The summed E-state index contributed by atoms with van der Waals surface area (Å²) in [6, 6.07) is 4.18. The number of ether oxygens (including phenoxy) is 1. The van der Waals surface area contributed by atoms with Crippen LogP contribution in [-0.2, 0) is 9.53 Å². The predicted octanol–water partition coefficient (Wildman–Crippen LogP) is 1.54. The average molecular weight is 359 g/mol. The smallest absolute Gasteiger partial charge is 0.225 e. The third-order valence-electron chi connectivity index (χ3n) is 5.81. The monoisotopic (exact) mass is 359 g/mol.